The summed E-state index contributed by atoms with van der Waals surface area (Å²) >= 11 is 0. The fourth-order valence-corrected chi connectivity index (χ4v) is 3.02. The molecule has 0 aromatic heterocycles. The molecule has 78 valence electrons. The molecule has 14 heavy (non-hydrogen) atoms. The number of hydrogen-bond donors (Lipinski definition) is 1. The standard InChI is InChI=1S/C12H17FO/c1-8(13)7-12(2,14)11-6-9-3-4-10(11)5-9/h3-4,9-11,14H,1,5-7H2,2H3. The fraction of sp³-hybridized carbons (Fsp3) is 0.667. The van der Waals surface area contributed by atoms with Gasteiger partial charge in [-0.3, -0.25) is 0 Å². The van der Waals surface area contributed by atoms with E-state index in [-0.39, 0.29) is 12.3 Å². The van der Waals surface area contributed by atoms with E-state index in [1.165, 1.54) is 0 Å². The monoisotopic (exact) mass is 196 g/mol. The van der Waals surface area contributed by atoms with E-state index in [1.807, 2.05) is 0 Å². The molecule has 0 aromatic carbocycles. The Bertz CT molecular complexity index is 280. The number of halogens is 1. The van der Waals surface area contributed by atoms with Crippen LogP contribution in [0.4, 0.5) is 4.39 Å². The zero-order chi connectivity index (χ0) is 10.3. The third-order valence-corrected chi connectivity index (χ3v) is 3.63. The van der Waals surface area contributed by atoms with Gasteiger partial charge in [0.2, 0.25) is 0 Å². The van der Waals surface area contributed by atoms with Crippen LogP contribution in [0, 0.1) is 17.8 Å². The molecule has 2 aliphatic carbocycles. The van der Waals surface area contributed by atoms with Gasteiger partial charge in [-0.25, -0.2) is 4.39 Å². The highest BCUT2D eigenvalue weighted by Gasteiger charge is 2.45. The molecule has 2 heteroatoms. The van der Waals surface area contributed by atoms with Gasteiger partial charge in [0.25, 0.3) is 0 Å². The number of aliphatic hydroxyl groups is 1. The van der Waals surface area contributed by atoms with Crippen LogP contribution in [0.2, 0.25) is 0 Å². The van der Waals surface area contributed by atoms with E-state index < -0.39 is 11.4 Å². The molecule has 2 aliphatic rings. The Morgan fingerprint density at radius 3 is 2.71 bits per heavy atom. The molecule has 2 bridgehead atoms. The first-order chi connectivity index (χ1) is 6.49. The van der Waals surface area contributed by atoms with Gasteiger partial charge in [-0.15, -0.1) is 0 Å². The highest BCUT2D eigenvalue weighted by atomic mass is 19.1. The van der Waals surface area contributed by atoms with Gasteiger partial charge in [0.1, 0.15) is 0 Å². The van der Waals surface area contributed by atoms with Crippen molar-refractivity contribution in [3.8, 4) is 0 Å². The van der Waals surface area contributed by atoms with Crippen LogP contribution >= 0.6 is 0 Å². The van der Waals surface area contributed by atoms with Crippen LogP contribution in [-0.2, 0) is 0 Å². The van der Waals surface area contributed by atoms with E-state index >= 15 is 0 Å². The summed E-state index contributed by atoms with van der Waals surface area (Å²) in [5.41, 5.74) is -0.921. The highest BCUT2D eigenvalue weighted by molar-refractivity contribution is 5.14. The summed E-state index contributed by atoms with van der Waals surface area (Å²) in [4.78, 5) is 0. The Balaban J connectivity index is 2.08. The van der Waals surface area contributed by atoms with E-state index in [1.54, 1.807) is 6.92 Å². The van der Waals surface area contributed by atoms with Crippen LogP contribution < -0.4 is 0 Å². The zero-order valence-corrected chi connectivity index (χ0v) is 8.54. The Morgan fingerprint density at radius 1 is 1.57 bits per heavy atom. The number of allylic oxidation sites excluding steroid dienone is 2. The topological polar surface area (TPSA) is 20.2 Å². The Morgan fingerprint density at radius 2 is 2.29 bits per heavy atom. The van der Waals surface area contributed by atoms with Crippen molar-refractivity contribution >= 4 is 0 Å². The zero-order valence-electron chi connectivity index (χ0n) is 8.54. The van der Waals surface area contributed by atoms with E-state index in [0.717, 1.165) is 12.8 Å². The molecule has 0 radical (unpaired) electrons. The van der Waals surface area contributed by atoms with E-state index in [9.17, 15) is 9.50 Å². The molecule has 0 aliphatic heterocycles. The summed E-state index contributed by atoms with van der Waals surface area (Å²) in [6, 6.07) is 0. The average Bonchev–Trinajstić information content (AvgIpc) is 2.60. The molecule has 2 rings (SSSR count). The molecule has 1 nitrogen and oxygen atoms in total. The second-order valence-electron chi connectivity index (χ2n) is 4.94. The van der Waals surface area contributed by atoms with Crippen LogP contribution in [0.15, 0.2) is 24.6 Å². The predicted octanol–water partition coefficient (Wildman–Crippen LogP) is 2.82. The molecule has 1 saturated carbocycles. The highest BCUT2D eigenvalue weighted by Crippen LogP contribution is 2.49. The molecule has 0 spiro atoms. The summed E-state index contributed by atoms with van der Waals surface area (Å²) < 4.78 is 12.7. The summed E-state index contributed by atoms with van der Waals surface area (Å²) in [6.45, 7) is 4.96. The van der Waals surface area contributed by atoms with E-state index in [0.29, 0.717) is 11.8 Å². The van der Waals surface area contributed by atoms with Crippen molar-refractivity contribution in [1.82, 2.24) is 0 Å². The van der Waals surface area contributed by atoms with Crippen molar-refractivity contribution in [2.24, 2.45) is 17.8 Å². The number of fused-ring (bicyclic) bond motifs is 2. The number of rotatable bonds is 3. The lowest BCUT2D eigenvalue weighted by Gasteiger charge is -2.33. The van der Waals surface area contributed by atoms with Gasteiger partial charge < -0.3 is 5.11 Å². The summed E-state index contributed by atoms with van der Waals surface area (Å²) in [5.74, 6) is 0.866. The Kier molecular flexibility index (Phi) is 2.26. The van der Waals surface area contributed by atoms with Crippen LogP contribution in [0.5, 0.6) is 0 Å². The maximum Gasteiger partial charge on any atom is 0.0956 e. The minimum Gasteiger partial charge on any atom is -0.389 e. The third kappa shape index (κ3) is 1.63. The molecule has 0 aromatic rings. The summed E-state index contributed by atoms with van der Waals surface area (Å²) in [7, 11) is 0. The maximum absolute atomic E-state index is 12.7. The van der Waals surface area contributed by atoms with Crippen molar-refractivity contribution < 1.29 is 9.50 Å². The first-order valence-electron chi connectivity index (χ1n) is 5.23. The first kappa shape index (κ1) is 9.91. The molecule has 0 amide bonds. The summed E-state index contributed by atoms with van der Waals surface area (Å²) in [6.07, 6.45) is 6.62. The molecule has 0 saturated heterocycles. The summed E-state index contributed by atoms with van der Waals surface area (Å²) in [5, 5.41) is 10.2. The van der Waals surface area contributed by atoms with Gasteiger partial charge >= 0.3 is 0 Å². The smallest absolute Gasteiger partial charge is 0.0956 e. The van der Waals surface area contributed by atoms with E-state index in [4.69, 9.17) is 0 Å². The van der Waals surface area contributed by atoms with Crippen LogP contribution in [0.1, 0.15) is 26.2 Å². The average molecular weight is 196 g/mol. The second-order valence-corrected chi connectivity index (χ2v) is 4.94. The normalized spacial score (nSPS) is 38.6. The van der Waals surface area contributed by atoms with Crippen LogP contribution in [0.3, 0.4) is 0 Å². The molecular weight excluding hydrogens is 179 g/mol. The van der Waals surface area contributed by atoms with Gasteiger partial charge in [-0.2, -0.15) is 0 Å². The predicted molar refractivity (Wildman–Crippen MR) is 54.3 cm³/mol. The Labute approximate surface area is 84.3 Å². The fourth-order valence-electron chi connectivity index (χ4n) is 3.02. The van der Waals surface area contributed by atoms with Crippen LogP contribution in [0.25, 0.3) is 0 Å². The Hall–Kier alpha value is -0.630. The quantitative estimate of drug-likeness (QED) is 0.688. The lowest BCUT2D eigenvalue weighted by molar-refractivity contribution is -0.0152. The molecule has 0 heterocycles. The van der Waals surface area contributed by atoms with Crippen molar-refractivity contribution in [3.63, 3.8) is 0 Å². The van der Waals surface area contributed by atoms with Crippen molar-refractivity contribution in [1.29, 1.82) is 0 Å². The molecule has 1 fully saturated rings. The van der Waals surface area contributed by atoms with E-state index in [2.05, 4.69) is 18.7 Å². The molecule has 1 N–H and O–H groups in total. The van der Waals surface area contributed by atoms with Crippen molar-refractivity contribution in [3.05, 3.63) is 24.6 Å². The van der Waals surface area contributed by atoms with Crippen molar-refractivity contribution in [2.75, 3.05) is 0 Å². The third-order valence-electron chi connectivity index (χ3n) is 3.63. The SMILES string of the molecule is C=C(F)CC(C)(O)C1CC2C=CC1C2. The molecule has 4 atom stereocenters. The first-order valence-corrected chi connectivity index (χ1v) is 5.23. The lowest BCUT2D eigenvalue weighted by atomic mass is 9.77. The minimum absolute atomic E-state index is 0.0781. The van der Waals surface area contributed by atoms with Gasteiger partial charge in [0.15, 0.2) is 0 Å². The largest absolute Gasteiger partial charge is 0.389 e. The van der Waals surface area contributed by atoms with Crippen molar-refractivity contribution in [2.45, 2.75) is 31.8 Å². The van der Waals surface area contributed by atoms with Crippen LogP contribution in [-0.4, -0.2) is 10.7 Å². The maximum atomic E-state index is 12.7. The van der Waals surface area contributed by atoms with Gasteiger partial charge in [0.05, 0.1) is 11.4 Å². The molecular formula is C12H17FO. The van der Waals surface area contributed by atoms with Gasteiger partial charge in [-0.1, -0.05) is 18.7 Å². The second kappa shape index (κ2) is 3.20. The minimum atomic E-state index is -0.921. The van der Waals surface area contributed by atoms with Gasteiger partial charge in [-0.05, 0) is 37.5 Å². The lowest BCUT2D eigenvalue weighted by Crippen LogP contribution is -2.37. The van der Waals surface area contributed by atoms with Gasteiger partial charge in [0, 0.05) is 6.42 Å². The molecule has 4 unspecified atom stereocenters. The number of hydrogen-bond acceptors (Lipinski definition) is 1.